The minimum atomic E-state index is -0.352. The lowest BCUT2D eigenvalue weighted by atomic mass is 10.1. The number of aliphatic hydroxyl groups excluding tert-OH is 3. The first-order valence-electron chi connectivity index (χ1n) is 7.73. The highest BCUT2D eigenvalue weighted by molar-refractivity contribution is 4.74. The lowest BCUT2D eigenvalue weighted by Crippen LogP contribution is -2.41. The van der Waals surface area contributed by atoms with Gasteiger partial charge in [0, 0.05) is 0 Å². The van der Waals surface area contributed by atoms with Gasteiger partial charge in [-0.05, 0) is 27.2 Å². The minimum absolute atomic E-state index is 0.0591. The van der Waals surface area contributed by atoms with Crippen LogP contribution in [0.15, 0.2) is 0 Å². The maximum absolute atomic E-state index is 9.16. The van der Waals surface area contributed by atoms with E-state index in [4.69, 9.17) is 29.5 Å². The summed E-state index contributed by atoms with van der Waals surface area (Å²) in [6.45, 7) is 7.47. The normalized spacial score (nSPS) is 19.0. The van der Waals surface area contributed by atoms with E-state index in [-0.39, 0.29) is 56.9 Å². The molecule has 0 rings (SSSR count). The van der Waals surface area contributed by atoms with Crippen molar-refractivity contribution in [3.8, 4) is 0 Å². The number of aliphatic hydroxyl groups is 3. The molecule has 0 aliphatic rings. The molecule has 0 aliphatic carbocycles. The van der Waals surface area contributed by atoms with Gasteiger partial charge in [0.15, 0.2) is 0 Å². The van der Waals surface area contributed by atoms with E-state index in [1.54, 1.807) is 20.8 Å². The molecule has 0 saturated carbocycles. The zero-order valence-corrected chi connectivity index (χ0v) is 13.7. The Labute approximate surface area is 128 Å². The molecule has 0 aromatic heterocycles. The van der Waals surface area contributed by atoms with E-state index >= 15 is 0 Å². The van der Waals surface area contributed by atoms with Crippen LogP contribution in [0, 0.1) is 0 Å². The SMILES string of the molecule is CCCC(OC(C)CO)C(COC(C)CO)OC(C)CO. The molecule has 0 saturated heterocycles. The van der Waals surface area contributed by atoms with Crippen molar-refractivity contribution in [1.29, 1.82) is 0 Å². The standard InChI is InChI=1S/C15H32O6/c1-5-6-14(20-12(3)8-17)15(21-13(4)9-18)10-19-11(2)7-16/h11-18H,5-10H2,1-4H3. The maximum atomic E-state index is 9.16. The van der Waals surface area contributed by atoms with Gasteiger partial charge < -0.3 is 29.5 Å². The molecule has 0 spiro atoms. The fourth-order valence-electron chi connectivity index (χ4n) is 1.85. The Morgan fingerprint density at radius 2 is 1.24 bits per heavy atom. The summed E-state index contributed by atoms with van der Waals surface area (Å²) in [4.78, 5) is 0. The van der Waals surface area contributed by atoms with Gasteiger partial charge in [0.1, 0.15) is 6.10 Å². The van der Waals surface area contributed by atoms with E-state index in [2.05, 4.69) is 0 Å². The Morgan fingerprint density at radius 3 is 1.67 bits per heavy atom. The fourth-order valence-corrected chi connectivity index (χ4v) is 1.85. The van der Waals surface area contributed by atoms with Crippen LogP contribution in [0.1, 0.15) is 40.5 Å². The lowest BCUT2D eigenvalue weighted by Gasteiger charge is -2.31. The van der Waals surface area contributed by atoms with Gasteiger partial charge in [-0.2, -0.15) is 0 Å². The van der Waals surface area contributed by atoms with Crippen LogP contribution in [-0.4, -0.2) is 72.3 Å². The van der Waals surface area contributed by atoms with Crippen LogP contribution in [0.5, 0.6) is 0 Å². The third-order valence-electron chi connectivity index (χ3n) is 3.12. The van der Waals surface area contributed by atoms with Crippen LogP contribution >= 0.6 is 0 Å². The predicted octanol–water partition coefficient (Wildman–Crippen LogP) is 0.716. The van der Waals surface area contributed by atoms with E-state index in [0.717, 1.165) is 12.8 Å². The number of ether oxygens (including phenoxy) is 3. The quantitative estimate of drug-likeness (QED) is 0.464. The fraction of sp³-hybridized carbons (Fsp3) is 1.00. The summed E-state index contributed by atoms with van der Waals surface area (Å²) in [5.41, 5.74) is 0. The molecule has 0 bridgehead atoms. The third kappa shape index (κ3) is 9.39. The zero-order valence-electron chi connectivity index (χ0n) is 13.7. The van der Waals surface area contributed by atoms with Crippen LogP contribution in [0.3, 0.4) is 0 Å². The second kappa shape index (κ2) is 12.3. The van der Waals surface area contributed by atoms with Crippen LogP contribution in [0.25, 0.3) is 0 Å². The largest absolute Gasteiger partial charge is 0.394 e. The van der Waals surface area contributed by atoms with E-state index < -0.39 is 0 Å². The summed E-state index contributed by atoms with van der Waals surface area (Å²) in [6, 6.07) is 0. The predicted molar refractivity (Wildman–Crippen MR) is 80.2 cm³/mol. The highest BCUT2D eigenvalue weighted by Gasteiger charge is 2.27. The minimum Gasteiger partial charge on any atom is -0.394 e. The Kier molecular flexibility index (Phi) is 12.2. The van der Waals surface area contributed by atoms with Gasteiger partial charge in [0.05, 0.1) is 50.8 Å². The van der Waals surface area contributed by atoms with Gasteiger partial charge in [0.2, 0.25) is 0 Å². The van der Waals surface area contributed by atoms with Crippen molar-refractivity contribution in [1.82, 2.24) is 0 Å². The van der Waals surface area contributed by atoms with Crippen LogP contribution in [0.4, 0.5) is 0 Å². The summed E-state index contributed by atoms with van der Waals surface area (Å²) in [5.74, 6) is 0. The molecule has 5 unspecified atom stereocenters. The highest BCUT2D eigenvalue weighted by Crippen LogP contribution is 2.16. The van der Waals surface area contributed by atoms with Gasteiger partial charge in [-0.25, -0.2) is 0 Å². The first-order chi connectivity index (χ1) is 9.98. The molecule has 0 heterocycles. The Hall–Kier alpha value is -0.240. The molecule has 5 atom stereocenters. The molecule has 0 aromatic rings. The molecule has 21 heavy (non-hydrogen) atoms. The molecule has 128 valence electrons. The Bertz CT molecular complexity index is 238. The van der Waals surface area contributed by atoms with Crippen molar-refractivity contribution >= 4 is 0 Å². The second-order valence-electron chi connectivity index (χ2n) is 5.45. The molecule has 3 N–H and O–H groups in total. The summed E-state index contributed by atoms with van der Waals surface area (Å²) < 4.78 is 17.1. The smallest absolute Gasteiger partial charge is 0.107 e. The van der Waals surface area contributed by atoms with Crippen molar-refractivity contribution in [2.75, 3.05) is 26.4 Å². The van der Waals surface area contributed by atoms with Crippen LogP contribution in [-0.2, 0) is 14.2 Å². The molecule has 6 nitrogen and oxygen atoms in total. The van der Waals surface area contributed by atoms with Gasteiger partial charge in [-0.3, -0.25) is 0 Å². The molecule has 0 fully saturated rings. The van der Waals surface area contributed by atoms with E-state index in [0.29, 0.717) is 0 Å². The molecular weight excluding hydrogens is 276 g/mol. The summed E-state index contributed by atoms with van der Waals surface area (Å²) in [6.07, 6.45) is 0.212. The number of rotatable bonds is 13. The van der Waals surface area contributed by atoms with Crippen molar-refractivity contribution in [3.05, 3.63) is 0 Å². The molecule has 0 aromatic carbocycles. The van der Waals surface area contributed by atoms with E-state index in [1.807, 2.05) is 6.92 Å². The monoisotopic (exact) mass is 308 g/mol. The Balaban J connectivity index is 4.73. The van der Waals surface area contributed by atoms with Crippen molar-refractivity contribution in [3.63, 3.8) is 0 Å². The lowest BCUT2D eigenvalue weighted by molar-refractivity contribution is -0.160. The average Bonchev–Trinajstić information content (AvgIpc) is 2.49. The topological polar surface area (TPSA) is 88.4 Å². The highest BCUT2D eigenvalue weighted by atomic mass is 16.6. The Morgan fingerprint density at radius 1 is 0.762 bits per heavy atom. The maximum Gasteiger partial charge on any atom is 0.107 e. The molecular formula is C15H32O6. The van der Waals surface area contributed by atoms with Crippen molar-refractivity contribution in [2.24, 2.45) is 0 Å². The van der Waals surface area contributed by atoms with Crippen molar-refractivity contribution < 1.29 is 29.5 Å². The molecule has 6 heteroatoms. The van der Waals surface area contributed by atoms with Crippen LogP contribution < -0.4 is 0 Å². The number of hydrogen-bond donors (Lipinski definition) is 3. The van der Waals surface area contributed by atoms with E-state index in [9.17, 15) is 0 Å². The van der Waals surface area contributed by atoms with Crippen molar-refractivity contribution in [2.45, 2.75) is 71.1 Å². The van der Waals surface area contributed by atoms with E-state index in [1.165, 1.54) is 0 Å². The second-order valence-corrected chi connectivity index (χ2v) is 5.45. The summed E-state index contributed by atoms with van der Waals surface area (Å²) in [7, 11) is 0. The summed E-state index contributed by atoms with van der Waals surface area (Å²) >= 11 is 0. The van der Waals surface area contributed by atoms with Gasteiger partial charge >= 0.3 is 0 Å². The average molecular weight is 308 g/mol. The first-order valence-corrected chi connectivity index (χ1v) is 7.73. The number of hydrogen-bond acceptors (Lipinski definition) is 6. The molecule has 0 aliphatic heterocycles. The summed E-state index contributed by atoms with van der Waals surface area (Å²) in [5, 5.41) is 27.3. The first kappa shape index (κ1) is 20.8. The van der Waals surface area contributed by atoms with Gasteiger partial charge in [-0.15, -0.1) is 0 Å². The third-order valence-corrected chi connectivity index (χ3v) is 3.12. The zero-order chi connectivity index (χ0) is 16.3. The van der Waals surface area contributed by atoms with Crippen LogP contribution in [0.2, 0.25) is 0 Å². The van der Waals surface area contributed by atoms with Gasteiger partial charge in [-0.1, -0.05) is 13.3 Å². The molecule has 0 radical (unpaired) electrons. The van der Waals surface area contributed by atoms with Gasteiger partial charge in [0.25, 0.3) is 0 Å². The molecule has 0 amide bonds.